The summed E-state index contributed by atoms with van der Waals surface area (Å²) in [6.45, 7) is 0. The van der Waals surface area contributed by atoms with Crippen molar-refractivity contribution in [3.05, 3.63) is 358 Å². The van der Waals surface area contributed by atoms with Crippen molar-refractivity contribution in [2.24, 2.45) is 0 Å². The van der Waals surface area contributed by atoms with Crippen molar-refractivity contribution >= 4 is 98.3 Å². The molecule has 0 saturated carbocycles. The summed E-state index contributed by atoms with van der Waals surface area (Å²) in [4.78, 5) is 0. The van der Waals surface area contributed by atoms with Crippen LogP contribution in [0.3, 0.4) is 0 Å². The van der Waals surface area contributed by atoms with Crippen molar-refractivity contribution in [1.82, 2.24) is 0 Å². The average Bonchev–Trinajstić information content (AvgIpc) is 3.54. The van der Waals surface area contributed by atoms with Gasteiger partial charge in [-0.2, -0.15) is 0 Å². The molecule has 0 spiro atoms. The van der Waals surface area contributed by atoms with Crippen molar-refractivity contribution in [3.63, 3.8) is 0 Å². The van der Waals surface area contributed by atoms with Crippen molar-refractivity contribution in [2.75, 3.05) is 0 Å². The number of hydrogen-bond acceptors (Lipinski definition) is 0. The smallest absolute Gasteiger partial charge is 0.0548 e. The summed E-state index contributed by atoms with van der Waals surface area (Å²) >= 11 is 0. The first-order valence-corrected chi connectivity index (χ1v) is 36.8. The third-order valence-electron chi connectivity index (χ3n) is 7.29. The van der Waals surface area contributed by atoms with Gasteiger partial charge >= 0.3 is 0 Å². The van der Waals surface area contributed by atoms with Crippen LogP contribution in [0.4, 0.5) is 0 Å². The molecule has 0 aliphatic rings. The summed E-state index contributed by atoms with van der Waals surface area (Å²) < 4.78 is 0. The van der Waals surface area contributed by atoms with Gasteiger partial charge in [0.2, 0.25) is 0 Å². The molecule has 12 rings (SSSR count). The predicted molar refractivity (Wildman–Crippen MR) is 364 cm³/mol. The van der Waals surface area contributed by atoms with Crippen LogP contribution in [0.15, 0.2) is 358 Å². The second-order valence-corrected chi connectivity index (χ2v) is 24.9. The average molecular weight is 1360 g/mol. The molecule has 0 aromatic carbocycles. The molecule has 14 heteroatoms. The quantitative estimate of drug-likeness (QED) is 0.133. The zero-order valence-corrected chi connectivity index (χ0v) is 57.5. The molecule has 0 saturated heterocycles. The largest absolute Gasteiger partial charge is 0.110 e. The minimum atomic E-state index is 0. The van der Waals surface area contributed by atoms with Gasteiger partial charge in [-0.1, -0.05) is 72.8 Å². The van der Waals surface area contributed by atoms with Crippen LogP contribution in [0.1, 0.15) is 0 Å². The molecule has 0 atom stereocenters. The second-order valence-electron chi connectivity index (χ2n) is 12.9. The summed E-state index contributed by atoms with van der Waals surface area (Å²) in [6, 6.07) is 74.1. The molecular weight excluding hydrogens is 1280 g/mol. The standard InChI is InChI=1S/12C5H5P.2Mo/c12*1-2-4-6-5-3-1;;/h12*1-5H;;/p+12. The Morgan fingerprint density at radius 3 is 0.149 bits per heavy atom. The van der Waals surface area contributed by atoms with E-state index in [1.807, 2.05) is 72.8 Å². The molecule has 0 N–H and O–H groups in total. The molecule has 0 aliphatic carbocycles. The third-order valence-corrected chi connectivity index (χ3v) is 16.5. The van der Waals surface area contributed by atoms with E-state index in [1.165, 1.54) is 0 Å². The first-order valence-electron chi connectivity index (χ1n) is 22.9. The summed E-state index contributed by atoms with van der Waals surface area (Å²) in [5.41, 5.74) is 0. The van der Waals surface area contributed by atoms with Gasteiger partial charge in [-0.15, -0.1) is 0 Å². The molecule has 0 amide bonds. The Morgan fingerprint density at radius 1 is 0.0811 bits per heavy atom. The van der Waals surface area contributed by atoms with E-state index in [1.54, 1.807) is 0 Å². The van der Waals surface area contributed by atoms with Gasteiger partial charge in [0, 0.05) is 42.1 Å². The summed E-state index contributed by atoms with van der Waals surface area (Å²) in [5, 5.41) is 0. The maximum Gasteiger partial charge on any atom is 0.110 e. The van der Waals surface area contributed by atoms with Crippen LogP contribution in [0, 0.1) is 0 Å². The summed E-state index contributed by atoms with van der Waals surface area (Å²) in [5.74, 6) is 51.7. The van der Waals surface area contributed by atoms with Gasteiger partial charge in [-0.05, 0) is 146 Å². The molecule has 0 unspecified atom stereocenters. The Bertz CT molecular complexity index is 1600. The molecule has 12 aromatic heterocycles. The van der Waals surface area contributed by atoms with E-state index in [0.717, 1.165) is 98.3 Å². The molecule has 12 aromatic rings. The van der Waals surface area contributed by atoms with Gasteiger partial charge in [0.05, 0.1) is 0 Å². The van der Waals surface area contributed by atoms with Crippen LogP contribution in [0.5, 0.6) is 0 Å². The van der Waals surface area contributed by atoms with Gasteiger partial charge in [0.15, 0.2) is 0 Å². The molecule has 12 heterocycles. The molecule has 0 fully saturated rings. The SMILES string of the molecule is [Mo].[Mo].c1cc[pH+]cc1.c1cc[pH+]cc1.c1cc[pH+]cc1.c1cc[pH+]cc1.c1cc[pH+]cc1.c1cc[pH+]cc1.c1cc[pH+]cc1.c1cc[pH+]cc1.c1cc[pH+]cc1.c1cc[pH+]cc1.c1cc[pH+]cc1.c1cc[pH+]cc1. The van der Waals surface area contributed by atoms with E-state index in [4.69, 9.17) is 0 Å². The molecule has 0 aliphatic heterocycles. The van der Waals surface area contributed by atoms with Crippen LogP contribution in [-0.4, -0.2) is 0 Å². The van der Waals surface area contributed by atoms with Crippen molar-refractivity contribution < 1.29 is 42.1 Å². The van der Waals surface area contributed by atoms with Crippen LogP contribution < -0.4 is 0 Å². The van der Waals surface area contributed by atoms with Crippen LogP contribution in [0.25, 0.3) is 0 Å². The van der Waals surface area contributed by atoms with Gasteiger partial charge in [0.25, 0.3) is 0 Å². The Morgan fingerprint density at radius 2 is 0.135 bits per heavy atom. The van der Waals surface area contributed by atoms with Crippen molar-refractivity contribution in [1.29, 1.82) is 0 Å². The molecule has 74 heavy (non-hydrogen) atoms. The van der Waals surface area contributed by atoms with Crippen LogP contribution in [-0.2, 0) is 42.1 Å². The van der Waals surface area contributed by atoms with E-state index in [2.05, 4.69) is 285 Å². The third kappa shape index (κ3) is 67.2. The van der Waals surface area contributed by atoms with E-state index < -0.39 is 0 Å². The normalized spacial score (nSPS) is 7.78. The van der Waals surface area contributed by atoms with E-state index >= 15 is 0 Å². The fourth-order valence-corrected chi connectivity index (χ4v) is 10.8. The molecule has 372 valence electrons. The van der Waals surface area contributed by atoms with E-state index in [-0.39, 0.29) is 42.1 Å². The van der Waals surface area contributed by atoms with Crippen molar-refractivity contribution in [2.45, 2.75) is 0 Å². The van der Waals surface area contributed by atoms with E-state index in [0.29, 0.717) is 0 Å². The molecule has 0 radical (unpaired) electrons. The first kappa shape index (κ1) is 73.2. The monoisotopic (exact) mass is 1360 g/mol. The minimum absolute atomic E-state index is 0. The van der Waals surface area contributed by atoms with Gasteiger partial charge in [-0.25, -0.2) is 0 Å². The van der Waals surface area contributed by atoms with Crippen LogP contribution >= 0.6 is 98.3 Å². The van der Waals surface area contributed by atoms with Gasteiger partial charge in [-0.3, -0.25) is 0 Å². The van der Waals surface area contributed by atoms with Gasteiger partial charge < -0.3 is 0 Å². The topological polar surface area (TPSA) is 0 Å². The maximum atomic E-state index is 2.15. The summed E-state index contributed by atoms with van der Waals surface area (Å²) in [7, 11) is 10.9. The minimum Gasteiger partial charge on any atom is -0.0548 e. The molecule has 0 bridgehead atoms. The Kier molecular flexibility index (Phi) is 69.5. The zero-order chi connectivity index (χ0) is 50.9. The predicted octanol–water partition coefficient (Wildman–Crippen LogP) is 24.0. The Labute approximate surface area is 493 Å². The van der Waals surface area contributed by atoms with Crippen LogP contribution in [0.2, 0.25) is 0 Å². The fourth-order valence-electron chi connectivity index (χ4n) is 4.10. The van der Waals surface area contributed by atoms with Crippen molar-refractivity contribution in [3.8, 4) is 0 Å². The fraction of sp³-hybridized carbons (Fsp3) is 0. The number of hydrogen-bond donors (Lipinski definition) is 0. The number of rotatable bonds is 0. The second kappa shape index (κ2) is 70.2. The maximum absolute atomic E-state index is 2.15. The Hall–Kier alpha value is -2.82. The summed E-state index contributed by atoms with van der Waals surface area (Å²) in [6.07, 6.45) is 0. The van der Waals surface area contributed by atoms with E-state index in [9.17, 15) is 0 Å². The molecular formula is C60H72Mo2P12+12. The zero-order valence-electron chi connectivity index (χ0n) is 41.5. The molecule has 0 nitrogen and oxygen atoms in total. The van der Waals surface area contributed by atoms with Gasteiger partial charge in [0.1, 0.15) is 237 Å². The first-order chi connectivity index (χ1) is 36.0. The Balaban J connectivity index is 0.